The highest BCUT2D eigenvalue weighted by Gasteiger charge is 2.66. The molecule has 0 radical (unpaired) electrons. The molecule has 4 fully saturated rings. The lowest BCUT2D eigenvalue weighted by Gasteiger charge is -2.60. The monoisotopic (exact) mass is 499 g/mol. The summed E-state index contributed by atoms with van der Waals surface area (Å²) in [6, 6.07) is 0. The molecule has 5 nitrogen and oxygen atoms in total. The SMILES string of the molecule is CC12Cc3nonc3C[C@@H]1CCC1C2CCC2(C)C1CC[C@@]21CCCO1.NI. The fraction of sp³-hybridized carbons (Fsp3) is 0.909. The van der Waals surface area contributed by atoms with Gasteiger partial charge in [0, 0.05) is 35.9 Å². The van der Waals surface area contributed by atoms with Crippen LogP contribution in [0, 0.1) is 34.5 Å². The number of nitrogens with zero attached hydrogens (tertiary/aromatic N) is 2. The first-order valence-electron chi connectivity index (χ1n) is 11.2. The summed E-state index contributed by atoms with van der Waals surface area (Å²) in [5.41, 5.74) is 3.33. The molecule has 1 aromatic heterocycles. The molecule has 6 rings (SSSR count). The Morgan fingerprint density at radius 1 is 0.964 bits per heavy atom. The number of ether oxygens (including phenoxy) is 1. The first-order valence-corrected chi connectivity index (χ1v) is 12.5. The lowest BCUT2D eigenvalue weighted by atomic mass is 9.44. The summed E-state index contributed by atoms with van der Waals surface area (Å²) in [7, 11) is 0. The van der Waals surface area contributed by atoms with Crippen molar-refractivity contribution in [3.63, 3.8) is 0 Å². The van der Waals surface area contributed by atoms with Crippen LogP contribution in [0.1, 0.15) is 76.6 Å². The third-order valence-electron chi connectivity index (χ3n) is 10.1. The first kappa shape index (κ1) is 19.7. The van der Waals surface area contributed by atoms with Gasteiger partial charge in [0.15, 0.2) is 0 Å². The van der Waals surface area contributed by atoms with Gasteiger partial charge < -0.3 is 4.74 Å². The number of fused-ring (bicyclic) bond motifs is 7. The number of halogens is 1. The predicted octanol–water partition coefficient (Wildman–Crippen LogP) is 4.87. The highest BCUT2D eigenvalue weighted by atomic mass is 127. The van der Waals surface area contributed by atoms with E-state index in [0.717, 1.165) is 54.5 Å². The molecule has 5 aliphatic rings. The van der Waals surface area contributed by atoms with Crippen molar-refractivity contribution in [2.24, 2.45) is 38.4 Å². The van der Waals surface area contributed by atoms with Crippen LogP contribution in [0.4, 0.5) is 0 Å². The zero-order valence-corrected chi connectivity index (χ0v) is 19.4. The van der Waals surface area contributed by atoms with Crippen LogP contribution >= 0.6 is 22.9 Å². The van der Waals surface area contributed by atoms with Crippen molar-refractivity contribution in [3.8, 4) is 0 Å². The van der Waals surface area contributed by atoms with Gasteiger partial charge in [-0.1, -0.05) is 24.2 Å². The standard InChI is InChI=1S/C22H32N2O2.H2IN/c1-20-13-19-18(23-26-24-19)12-14(20)4-5-15-16(20)6-9-21(2)17(15)7-10-22(21)8-3-11-25-22;1-2/h14-17H,3-13H2,1-2H3;2H2/t14-,15?,16?,17?,20?,21?,22-;/m0./s1. The van der Waals surface area contributed by atoms with Gasteiger partial charge in [0.1, 0.15) is 11.4 Å². The third kappa shape index (κ3) is 2.49. The summed E-state index contributed by atoms with van der Waals surface area (Å²) < 4.78 is 16.0. The molecule has 28 heavy (non-hydrogen) atoms. The van der Waals surface area contributed by atoms with E-state index >= 15 is 0 Å². The summed E-state index contributed by atoms with van der Waals surface area (Å²) in [6.45, 7) is 6.17. The van der Waals surface area contributed by atoms with Gasteiger partial charge in [-0.25, -0.2) is 4.63 Å². The van der Waals surface area contributed by atoms with Crippen LogP contribution in [0.15, 0.2) is 4.63 Å². The van der Waals surface area contributed by atoms with E-state index in [1.807, 2.05) is 0 Å². The molecular formula is C22H34IN3O2. The Balaban J connectivity index is 0.000000829. The minimum Gasteiger partial charge on any atom is -0.374 e. The van der Waals surface area contributed by atoms with Crippen molar-refractivity contribution >= 4 is 22.9 Å². The van der Waals surface area contributed by atoms with Gasteiger partial charge in [0.2, 0.25) is 0 Å². The maximum atomic E-state index is 6.49. The third-order valence-corrected chi connectivity index (χ3v) is 10.1. The normalized spacial score (nSPS) is 48.9. The van der Waals surface area contributed by atoms with Crippen molar-refractivity contribution in [3.05, 3.63) is 11.4 Å². The molecule has 2 heterocycles. The van der Waals surface area contributed by atoms with E-state index < -0.39 is 0 Å². The molecule has 5 unspecified atom stereocenters. The molecule has 0 bridgehead atoms. The van der Waals surface area contributed by atoms with Crippen LogP contribution in [0.25, 0.3) is 0 Å². The molecule has 1 spiro atoms. The molecule has 4 aliphatic carbocycles. The molecule has 6 heteroatoms. The van der Waals surface area contributed by atoms with Crippen LogP contribution in [0.3, 0.4) is 0 Å². The number of hydrogen-bond acceptors (Lipinski definition) is 5. The van der Waals surface area contributed by atoms with Crippen LogP contribution < -0.4 is 3.95 Å². The Bertz CT molecular complexity index is 733. The van der Waals surface area contributed by atoms with Gasteiger partial charge in [-0.2, -0.15) is 0 Å². The van der Waals surface area contributed by atoms with Crippen LogP contribution in [-0.2, 0) is 17.6 Å². The van der Waals surface area contributed by atoms with Crippen LogP contribution in [0.5, 0.6) is 0 Å². The summed E-state index contributed by atoms with van der Waals surface area (Å²) in [5.74, 6) is 3.38. The summed E-state index contributed by atoms with van der Waals surface area (Å²) in [6.07, 6.45) is 13.0. The summed E-state index contributed by atoms with van der Waals surface area (Å²) >= 11 is 1.65. The van der Waals surface area contributed by atoms with E-state index in [-0.39, 0.29) is 5.60 Å². The number of rotatable bonds is 0. The molecule has 156 valence electrons. The van der Waals surface area contributed by atoms with Crippen molar-refractivity contribution in [2.75, 3.05) is 6.61 Å². The highest BCUT2D eigenvalue weighted by Crippen LogP contribution is 2.69. The second-order valence-electron chi connectivity index (χ2n) is 10.6. The Hall–Kier alpha value is -0.210. The molecule has 7 atom stereocenters. The Labute approximate surface area is 182 Å². The molecule has 3 saturated carbocycles. The molecule has 1 aromatic rings. The molecule has 0 aromatic carbocycles. The fourth-order valence-corrected chi connectivity index (χ4v) is 8.69. The fourth-order valence-electron chi connectivity index (χ4n) is 8.69. The molecule has 0 amide bonds. The van der Waals surface area contributed by atoms with Crippen molar-refractivity contribution in [1.82, 2.24) is 10.3 Å². The summed E-state index contributed by atoms with van der Waals surface area (Å²) in [4.78, 5) is 0. The zero-order valence-electron chi connectivity index (χ0n) is 17.3. The van der Waals surface area contributed by atoms with Gasteiger partial charge in [-0.05, 0) is 92.3 Å². The maximum Gasteiger partial charge on any atom is 0.108 e. The van der Waals surface area contributed by atoms with Crippen molar-refractivity contribution < 1.29 is 9.37 Å². The number of aromatic nitrogens is 2. The Morgan fingerprint density at radius 2 is 1.75 bits per heavy atom. The van der Waals surface area contributed by atoms with Crippen LogP contribution in [-0.4, -0.2) is 22.5 Å². The smallest absolute Gasteiger partial charge is 0.108 e. The quantitative estimate of drug-likeness (QED) is 0.407. The molecular weight excluding hydrogens is 465 g/mol. The number of nitrogens with two attached hydrogens (primary N) is 1. The van der Waals surface area contributed by atoms with Gasteiger partial charge >= 0.3 is 0 Å². The zero-order chi connectivity index (χ0) is 19.6. The van der Waals surface area contributed by atoms with Gasteiger partial charge in [0.05, 0.1) is 5.60 Å². The van der Waals surface area contributed by atoms with Crippen molar-refractivity contribution in [1.29, 1.82) is 0 Å². The lowest BCUT2D eigenvalue weighted by molar-refractivity contribution is -0.151. The minimum absolute atomic E-state index is 0.218. The minimum atomic E-state index is 0.218. The van der Waals surface area contributed by atoms with E-state index in [1.54, 1.807) is 22.9 Å². The Morgan fingerprint density at radius 3 is 2.54 bits per heavy atom. The second-order valence-corrected chi connectivity index (χ2v) is 10.6. The second kappa shape index (κ2) is 6.91. The largest absolute Gasteiger partial charge is 0.374 e. The average molecular weight is 499 g/mol. The first-order chi connectivity index (χ1) is 13.6. The number of hydrogen-bond donors (Lipinski definition) is 1. The molecule has 1 saturated heterocycles. The molecule has 1 aliphatic heterocycles. The molecule has 2 N–H and O–H groups in total. The van der Waals surface area contributed by atoms with Gasteiger partial charge in [-0.3, -0.25) is 3.95 Å². The topological polar surface area (TPSA) is 74.2 Å². The summed E-state index contributed by atoms with van der Waals surface area (Å²) in [5, 5.41) is 8.46. The van der Waals surface area contributed by atoms with E-state index in [1.165, 1.54) is 51.4 Å². The predicted molar refractivity (Wildman–Crippen MR) is 116 cm³/mol. The van der Waals surface area contributed by atoms with Gasteiger partial charge in [-0.15, -0.1) is 0 Å². The highest BCUT2D eigenvalue weighted by molar-refractivity contribution is 14.1. The van der Waals surface area contributed by atoms with Gasteiger partial charge in [0.25, 0.3) is 0 Å². The van der Waals surface area contributed by atoms with E-state index in [0.29, 0.717) is 10.8 Å². The maximum absolute atomic E-state index is 6.49. The van der Waals surface area contributed by atoms with E-state index in [2.05, 4.69) is 28.1 Å². The van der Waals surface area contributed by atoms with E-state index in [4.69, 9.17) is 9.37 Å². The lowest BCUT2D eigenvalue weighted by Crippen LogP contribution is -2.57. The van der Waals surface area contributed by atoms with E-state index in [9.17, 15) is 0 Å². The van der Waals surface area contributed by atoms with Crippen LogP contribution in [0.2, 0.25) is 0 Å². The Kier molecular flexibility index (Phi) is 4.87. The van der Waals surface area contributed by atoms with Crippen molar-refractivity contribution in [2.45, 2.75) is 83.7 Å². The average Bonchev–Trinajstić information content (AvgIpc) is 3.42.